The van der Waals surface area contributed by atoms with Crippen LogP contribution in [0.2, 0.25) is 0 Å². The first kappa shape index (κ1) is 12.9. The maximum atomic E-state index is 11.7. The first-order valence-corrected chi connectivity index (χ1v) is 5.93. The van der Waals surface area contributed by atoms with Crippen LogP contribution in [0.15, 0.2) is 36.7 Å². The van der Waals surface area contributed by atoms with Crippen LogP contribution in [0.25, 0.3) is 0 Å². The molecule has 0 bridgehead atoms. The highest BCUT2D eigenvalue weighted by atomic mass is 16.5. The Morgan fingerprint density at radius 1 is 1.53 bits per heavy atom. The first-order chi connectivity index (χ1) is 9.16. The Labute approximate surface area is 111 Å². The van der Waals surface area contributed by atoms with Gasteiger partial charge in [-0.15, -0.1) is 0 Å². The highest BCUT2D eigenvalue weighted by molar-refractivity contribution is 5.78. The number of aromatic nitrogens is 2. The second kappa shape index (κ2) is 5.90. The number of nitrogens with one attached hydrogen (secondary N) is 2. The van der Waals surface area contributed by atoms with Gasteiger partial charge in [0, 0.05) is 12.4 Å². The number of carbonyl (C=O) groups excluding carboxylic acids is 1. The summed E-state index contributed by atoms with van der Waals surface area (Å²) in [5.74, 6) is 0.975. The van der Waals surface area contributed by atoms with E-state index in [-0.39, 0.29) is 18.6 Å². The Morgan fingerprint density at radius 3 is 3.00 bits per heavy atom. The van der Waals surface area contributed by atoms with Crippen LogP contribution in [0.4, 0.5) is 5.69 Å². The van der Waals surface area contributed by atoms with Gasteiger partial charge in [0.1, 0.15) is 11.6 Å². The first-order valence-electron chi connectivity index (χ1n) is 5.93. The van der Waals surface area contributed by atoms with Crippen molar-refractivity contribution in [3.8, 4) is 5.75 Å². The number of aromatic amines is 1. The molecule has 1 unspecified atom stereocenters. The lowest BCUT2D eigenvalue weighted by molar-refractivity contribution is -0.123. The molecule has 0 saturated carbocycles. The quantitative estimate of drug-likeness (QED) is 0.705. The van der Waals surface area contributed by atoms with E-state index in [9.17, 15) is 4.79 Å². The molecular weight excluding hydrogens is 244 g/mol. The summed E-state index contributed by atoms with van der Waals surface area (Å²) in [6.07, 6.45) is 3.35. The largest absolute Gasteiger partial charge is 0.482 e. The zero-order chi connectivity index (χ0) is 13.7. The second-order valence-corrected chi connectivity index (χ2v) is 4.09. The molecule has 1 heterocycles. The Balaban J connectivity index is 1.84. The van der Waals surface area contributed by atoms with E-state index in [1.807, 2.05) is 6.92 Å². The van der Waals surface area contributed by atoms with E-state index in [1.54, 1.807) is 36.7 Å². The van der Waals surface area contributed by atoms with Gasteiger partial charge in [0.15, 0.2) is 6.61 Å². The lowest BCUT2D eigenvalue weighted by atomic mass is 10.3. The van der Waals surface area contributed by atoms with E-state index in [4.69, 9.17) is 10.5 Å². The van der Waals surface area contributed by atoms with Gasteiger partial charge in [0.25, 0.3) is 5.91 Å². The van der Waals surface area contributed by atoms with E-state index >= 15 is 0 Å². The number of amides is 1. The van der Waals surface area contributed by atoms with Gasteiger partial charge in [-0.3, -0.25) is 4.79 Å². The molecule has 2 aromatic rings. The predicted molar refractivity (Wildman–Crippen MR) is 71.5 cm³/mol. The predicted octanol–water partition coefficient (Wildman–Crippen LogP) is 1.25. The van der Waals surface area contributed by atoms with Crippen molar-refractivity contribution in [2.75, 3.05) is 12.3 Å². The summed E-state index contributed by atoms with van der Waals surface area (Å²) in [5, 5.41) is 2.77. The van der Waals surface area contributed by atoms with Crippen molar-refractivity contribution in [1.29, 1.82) is 0 Å². The number of carbonyl (C=O) groups is 1. The number of hydrogen-bond acceptors (Lipinski definition) is 4. The minimum atomic E-state index is -0.229. The summed E-state index contributed by atoms with van der Waals surface area (Å²) in [7, 11) is 0. The maximum absolute atomic E-state index is 11.7. The van der Waals surface area contributed by atoms with E-state index in [1.165, 1.54) is 0 Å². The second-order valence-electron chi connectivity index (χ2n) is 4.09. The van der Waals surface area contributed by atoms with Gasteiger partial charge in [-0.1, -0.05) is 12.1 Å². The molecule has 0 saturated heterocycles. The lowest BCUT2D eigenvalue weighted by Crippen LogP contribution is -2.31. The molecule has 0 spiro atoms. The fourth-order valence-electron chi connectivity index (χ4n) is 1.62. The number of imidazole rings is 1. The minimum Gasteiger partial charge on any atom is -0.482 e. The molecule has 1 atom stereocenters. The molecule has 2 rings (SSSR count). The SMILES string of the molecule is CC(NC(=O)COc1ccccc1N)c1ncc[nH]1. The Bertz CT molecular complexity index is 539. The third kappa shape index (κ3) is 3.48. The van der Waals surface area contributed by atoms with Crippen LogP contribution < -0.4 is 15.8 Å². The molecule has 0 aliphatic carbocycles. The van der Waals surface area contributed by atoms with E-state index in [2.05, 4.69) is 15.3 Å². The van der Waals surface area contributed by atoms with Crippen molar-refractivity contribution in [2.45, 2.75) is 13.0 Å². The molecule has 0 radical (unpaired) electrons. The Kier molecular flexibility index (Phi) is 4.02. The molecular formula is C13H16N4O2. The molecule has 1 amide bonds. The monoisotopic (exact) mass is 260 g/mol. The van der Waals surface area contributed by atoms with Crippen LogP contribution in [0.5, 0.6) is 5.75 Å². The topological polar surface area (TPSA) is 93.0 Å². The zero-order valence-corrected chi connectivity index (χ0v) is 10.6. The van der Waals surface area contributed by atoms with Crippen LogP contribution in [-0.4, -0.2) is 22.5 Å². The molecule has 0 fully saturated rings. The number of nitrogens with zero attached hydrogens (tertiary/aromatic N) is 1. The smallest absolute Gasteiger partial charge is 0.258 e. The summed E-state index contributed by atoms with van der Waals surface area (Å²) in [5.41, 5.74) is 6.22. The van der Waals surface area contributed by atoms with Gasteiger partial charge in [0.2, 0.25) is 0 Å². The fourth-order valence-corrected chi connectivity index (χ4v) is 1.62. The molecule has 0 aliphatic heterocycles. The van der Waals surface area contributed by atoms with Gasteiger partial charge in [0.05, 0.1) is 11.7 Å². The molecule has 6 heteroatoms. The van der Waals surface area contributed by atoms with Gasteiger partial charge in [-0.2, -0.15) is 0 Å². The molecule has 1 aromatic heterocycles. The van der Waals surface area contributed by atoms with Crippen molar-refractivity contribution in [2.24, 2.45) is 0 Å². The number of benzene rings is 1. The van der Waals surface area contributed by atoms with Gasteiger partial charge in [-0.05, 0) is 19.1 Å². The summed E-state index contributed by atoms with van der Waals surface area (Å²) < 4.78 is 5.35. The van der Waals surface area contributed by atoms with Gasteiger partial charge in [-0.25, -0.2) is 4.98 Å². The van der Waals surface area contributed by atoms with Crippen molar-refractivity contribution in [3.05, 3.63) is 42.5 Å². The molecule has 1 aromatic carbocycles. The maximum Gasteiger partial charge on any atom is 0.258 e. The number of nitrogen functional groups attached to an aromatic ring is 1. The van der Waals surface area contributed by atoms with Crippen LogP contribution in [0, 0.1) is 0 Å². The van der Waals surface area contributed by atoms with Crippen LogP contribution >= 0.6 is 0 Å². The average molecular weight is 260 g/mol. The molecule has 0 aliphatic rings. The van der Waals surface area contributed by atoms with Crippen LogP contribution in [0.3, 0.4) is 0 Å². The van der Waals surface area contributed by atoms with E-state index in [0.29, 0.717) is 17.3 Å². The summed E-state index contributed by atoms with van der Waals surface area (Å²) in [4.78, 5) is 18.7. The molecule has 6 nitrogen and oxygen atoms in total. The lowest BCUT2D eigenvalue weighted by Gasteiger charge is -2.12. The molecule has 4 N–H and O–H groups in total. The Morgan fingerprint density at radius 2 is 2.32 bits per heavy atom. The van der Waals surface area contributed by atoms with Crippen LogP contribution in [0.1, 0.15) is 18.8 Å². The summed E-state index contributed by atoms with van der Waals surface area (Å²) >= 11 is 0. The normalized spacial score (nSPS) is 11.8. The van der Waals surface area contributed by atoms with Crippen LogP contribution in [-0.2, 0) is 4.79 Å². The summed E-state index contributed by atoms with van der Waals surface area (Å²) in [6, 6.07) is 6.85. The third-order valence-electron chi connectivity index (χ3n) is 2.58. The van der Waals surface area contributed by atoms with Crippen molar-refractivity contribution in [1.82, 2.24) is 15.3 Å². The minimum absolute atomic E-state index is 0.0841. The highest BCUT2D eigenvalue weighted by Gasteiger charge is 2.12. The third-order valence-corrected chi connectivity index (χ3v) is 2.58. The molecule has 19 heavy (non-hydrogen) atoms. The Hall–Kier alpha value is -2.50. The number of ether oxygens (including phenoxy) is 1. The average Bonchev–Trinajstić information content (AvgIpc) is 2.91. The number of H-pyrrole nitrogens is 1. The van der Waals surface area contributed by atoms with Gasteiger partial charge < -0.3 is 20.8 Å². The van der Waals surface area contributed by atoms with Crippen molar-refractivity contribution in [3.63, 3.8) is 0 Å². The number of rotatable bonds is 5. The van der Waals surface area contributed by atoms with Gasteiger partial charge >= 0.3 is 0 Å². The highest BCUT2D eigenvalue weighted by Crippen LogP contribution is 2.19. The number of hydrogen-bond donors (Lipinski definition) is 3. The fraction of sp³-hybridized carbons (Fsp3) is 0.231. The zero-order valence-electron chi connectivity index (χ0n) is 10.6. The molecule has 100 valence electrons. The number of anilines is 1. The number of para-hydroxylation sites is 2. The van der Waals surface area contributed by atoms with Crippen molar-refractivity contribution >= 4 is 11.6 Å². The summed E-state index contributed by atoms with van der Waals surface area (Å²) in [6.45, 7) is 1.76. The van der Waals surface area contributed by atoms with E-state index < -0.39 is 0 Å². The van der Waals surface area contributed by atoms with Crippen molar-refractivity contribution < 1.29 is 9.53 Å². The number of nitrogens with two attached hydrogens (primary N) is 1. The van der Waals surface area contributed by atoms with E-state index in [0.717, 1.165) is 0 Å². The standard InChI is InChI=1S/C13H16N4O2/c1-9(13-15-6-7-16-13)17-12(18)8-19-11-5-3-2-4-10(11)14/h2-7,9H,8,14H2,1H3,(H,15,16)(H,17,18).